The molecule has 0 aromatic carbocycles. The third kappa shape index (κ3) is 14.3. The zero-order valence-corrected chi connectivity index (χ0v) is 13.8. The molecule has 0 bridgehead atoms. The Labute approximate surface area is 126 Å². The highest BCUT2D eigenvalue weighted by molar-refractivity contribution is 4.61. The second-order valence-electron chi connectivity index (χ2n) is 5.75. The molecular formula is C17H37NO2. The molecule has 0 radical (unpaired) electrons. The van der Waals surface area contributed by atoms with E-state index in [1.807, 2.05) is 7.05 Å². The molecule has 0 heterocycles. The first kappa shape index (κ1) is 19.9. The van der Waals surface area contributed by atoms with Crippen LogP contribution in [-0.2, 0) is 4.74 Å². The summed E-state index contributed by atoms with van der Waals surface area (Å²) < 4.78 is 5.59. The molecule has 0 fully saturated rings. The van der Waals surface area contributed by atoms with Gasteiger partial charge in [-0.1, -0.05) is 64.7 Å². The summed E-state index contributed by atoms with van der Waals surface area (Å²) in [6, 6.07) is 0.183. The van der Waals surface area contributed by atoms with E-state index in [0.29, 0.717) is 0 Å². The van der Waals surface area contributed by atoms with Gasteiger partial charge in [-0.3, -0.25) is 0 Å². The third-order valence-corrected chi connectivity index (χ3v) is 3.88. The van der Waals surface area contributed by atoms with E-state index >= 15 is 0 Å². The Kier molecular flexibility index (Phi) is 16.8. The summed E-state index contributed by atoms with van der Waals surface area (Å²) in [5.41, 5.74) is 0. The fourth-order valence-corrected chi connectivity index (χ4v) is 2.35. The molecule has 3 nitrogen and oxygen atoms in total. The average Bonchev–Trinajstić information content (AvgIpc) is 2.48. The second kappa shape index (κ2) is 16.9. The maximum absolute atomic E-state index is 9.00. The molecule has 0 aliphatic rings. The maximum atomic E-state index is 9.00. The molecule has 122 valence electrons. The van der Waals surface area contributed by atoms with Crippen molar-refractivity contribution in [2.75, 3.05) is 26.9 Å². The predicted octanol–water partition coefficient (Wildman–Crippen LogP) is 3.89. The van der Waals surface area contributed by atoms with Crippen molar-refractivity contribution >= 4 is 0 Å². The minimum absolute atomic E-state index is 0.183. The summed E-state index contributed by atoms with van der Waals surface area (Å²) in [5, 5.41) is 12.1. The van der Waals surface area contributed by atoms with Gasteiger partial charge in [0, 0.05) is 19.3 Å². The molecule has 1 unspecified atom stereocenters. The Hall–Kier alpha value is -0.120. The lowest BCUT2D eigenvalue weighted by molar-refractivity contribution is 0.112. The van der Waals surface area contributed by atoms with Gasteiger partial charge in [-0.15, -0.1) is 0 Å². The lowest BCUT2D eigenvalue weighted by Crippen LogP contribution is -2.30. The van der Waals surface area contributed by atoms with E-state index in [9.17, 15) is 0 Å². The number of ether oxygens (including phenoxy) is 1. The van der Waals surface area contributed by atoms with Crippen molar-refractivity contribution in [1.29, 1.82) is 0 Å². The van der Waals surface area contributed by atoms with Gasteiger partial charge in [0.1, 0.15) is 0 Å². The molecule has 0 spiro atoms. The topological polar surface area (TPSA) is 41.5 Å². The lowest BCUT2D eigenvalue weighted by Gasteiger charge is -2.12. The van der Waals surface area contributed by atoms with Crippen LogP contribution in [0, 0.1) is 0 Å². The van der Waals surface area contributed by atoms with Crippen LogP contribution in [0.3, 0.4) is 0 Å². The number of unbranched alkanes of at least 4 members (excludes halogenated alkanes) is 9. The van der Waals surface area contributed by atoms with Crippen molar-refractivity contribution in [3.63, 3.8) is 0 Å². The van der Waals surface area contributed by atoms with Crippen molar-refractivity contribution in [2.24, 2.45) is 0 Å². The van der Waals surface area contributed by atoms with Crippen LogP contribution in [0.15, 0.2) is 0 Å². The highest BCUT2D eigenvalue weighted by Gasteiger charge is 2.02. The molecule has 0 saturated carbocycles. The molecule has 1 atom stereocenters. The minimum Gasteiger partial charge on any atom is -0.395 e. The summed E-state index contributed by atoms with van der Waals surface area (Å²) in [6.45, 7) is 4.09. The Morgan fingerprint density at radius 3 is 1.90 bits per heavy atom. The number of likely N-dealkylation sites (N-methyl/N-ethyl adjacent to an activating group) is 1. The summed E-state index contributed by atoms with van der Waals surface area (Å²) in [7, 11) is 1.88. The summed E-state index contributed by atoms with van der Waals surface area (Å²) in [5.74, 6) is 0. The van der Waals surface area contributed by atoms with Crippen LogP contribution in [0.2, 0.25) is 0 Å². The normalized spacial score (nSPS) is 12.8. The molecule has 20 heavy (non-hydrogen) atoms. The van der Waals surface area contributed by atoms with Crippen LogP contribution in [0.25, 0.3) is 0 Å². The number of hydrogen-bond donors (Lipinski definition) is 2. The predicted molar refractivity (Wildman–Crippen MR) is 87.2 cm³/mol. The second-order valence-corrected chi connectivity index (χ2v) is 5.75. The summed E-state index contributed by atoms with van der Waals surface area (Å²) >= 11 is 0. The Balaban J connectivity index is 3.02. The van der Waals surface area contributed by atoms with E-state index in [4.69, 9.17) is 9.84 Å². The average molecular weight is 287 g/mol. The number of nitrogens with one attached hydrogen (secondary N) is 1. The van der Waals surface area contributed by atoms with Crippen molar-refractivity contribution < 1.29 is 9.84 Å². The summed E-state index contributed by atoms with van der Waals surface area (Å²) in [6.07, 6.45) is 14.5. The number of rotatable bonds is 16. The monoisotopic (exact) mass is 287 g/mol. The molecule has 0 aromatic rings. The zero-order chi connectivity index (χ0) is 14.9. The molecule has 3 heteroatoms. The first-order valence-electron chi connectivity index (χ1n) is 8.71. The van der Waals surface area contributed by atoms with Gasteiger partial charge in [-0.05, 0) is 19.9 Å². The number of aliphatic hydroxyl groups excluding tert-OH is 1. The third-order valence-electron chi connectivity index (χ3n) is 3.88. The standard InChI is InChI=1S/C17H37NO2/c1-3-4-5-6-7-8-9-10-11-12-14-20-15-13-17(16-19)18-2/h17-19H,3-16H2,1-2H3. The van der Waals surface area contributed by atoms with Crippen LogP contribution in [0.5, 0.6) is 0 Å². The number of hydrogen-bond acceptors (Lipinski definition) is 3. The summed E-state index contributed by atoms with van der Waals surface area (Å²) in [4.78, 5) is 0. The van der Waals surface area contributed by atoms with Gasteiger partial charge in [0.05, 0.1) is 6.61 Å². The maximum Gasteiger partial charge on any atom is 0.0585 e. The van der Waals surface area contributed by atoms with Gasteiger partial charge >= 0.3 is 0 Å². The smallest absolute Gasteiger partial charge is 0.0585 e. The molecular weight excluding hydrogens is 250 g/mol. The molecule has 0 aliphatic carbocycles. The van der Waals surface area contributed by atoms with Gasteiger partial charge in [0.25, 0.3) is 0 Å². The Morgan fingerprint density at radius 1 is 0.850 bits per heavy atom. The molecule has 0 aromatic heterocycles. The van der Waals surface area contributed by atoms with E-state index in [-0.39, 0.29) is 12.6 Å². The van der Waals surface area contributed by atoms with E-state index in [0.717, 1.165) is 19.6 Å². The van der Waals surface area contributed by atoms with E-state index in [1.165, 1.54) is 64.2 Å². The minimum atomic E-state index is 0.183. The number of aliphatic hydroxyl groups is 1. The van der Waals surface area contributed by atoms with E-state index in [1.54, 1.807) is 0 Å². The molecule has 0 amide bonds. The van der Waals surface area contributed by atoms with Gasteiger partial charge in [0.2, 0.25) is 0 Å². The largest absolute Gasteiger partial charge is 0.395 e. The highest BCUT2D eigenvalue weighted by Crippen LogP contribution is 2.10. The molecule has 0 rings (SSSR count). The van der Waals surface area contributed by atoms with Crippen LogP contribution < -0.4 is 5.32 Å². The first-order valence-corrected chi connectivity index (χ1v) is 8.71. The molecule has 0 aliphatic heterocycles. The van der Waals surface area contributed by atoms with E-state index in [2.05, 4.69) is 12.2 Å². The molecule has 2 N–H and O–H groups in total. The highest BCUT2D eigenvalue weighted by atomic mass is 16.5. The van der Waals surface area contributed by atoms with Gasteiger partial charge in [0.15, 0.2) is 0 Å². The van der Waals surface area contributed by atoms with E-state index < -0.39 is 0 Å². The van der Waals surface area contributed by atoms with Crippen molar-refractivity contribution in [3.8, 4) is 0 Å². The van der Waals surface area contributed by atoms with Gasteiger partial charge in [-0.2, -0.15) is 0 Å². The lowest BCUT2D eigenvalue weighted by atomic mass is 10.1. The van der Waals surface area contributed by atoms with Crippen molar-refractivity contribution in [1.82, 2.24) is 5.32 Å². The first-order chi connectivity index (χ1) is 9.85. The molecule has 0 saturated heterocycles. The fraction of sp³-hybridized carbons (Fsp3) is 1.00. The van der Waals surface area contributed by atoms with Crippen LogP contribution in [-0.4, -0.2) is 38.0 Å². The Bertz CT molecular complexity index is 172. The SMILES string of the molecule is CCCCCCCCCCCCOCCC(CO)NC. The van der Waals surface area contributed by atoms with Gasteiger partial charge < -0.3 is 15.2 Å². The fourth-order valence-electron chi connectivity index (χ4n) is 2.35. The quantitative estimate of drug-likeness (QED) is 0.423. The van der Waals surface area contributed by atoms with Crippen LogP contribution in [0.1, 0.15) is 77.6 Å². The van der Waals surface area contributed by atoms with Crippen molar-refractivity contribution in [3.05, 3.63) is 0 Å². The Morgan fingerprint density at radius 2 is 1.40 bits per heavy atom. The van der Waals surface area contributed by atoms with Crippen molar-refractivity contribution in [2.45, 2.75) is 83.6 Å². The van der Waals surface area contributed by atoms with Gasteiger partial charge in [-0.25, -0.2) is 0 Å². The van der Waals surface area contributed by atoms with Crippen LogP contribution in [0.4, 0.5) is 0 Å². The zero-order valence-electron chi connectivity index (χ0n) is 13.8. The van der Waals surface area contributed by atoms with Crippen LogP contribution >= 0.6 is 0 Å².